The van der Waals surface area contributed by atoms with E-state index in [9.17, 15) is 0 Å². The maximum Gasteiger partial charge on any atom is 0.203 e. The molecule has 0 aliphatic rings. The van der Waals surface area contributed by atoms with Crippen LogP contribution in [-0.4, -0.2) is 36.3 Å². The first-order valence-electron chi connectivity index (χ1n) is 8.61. The maximum absolute atomic E-state index is 5.40. The van der Waals surface area contributed by atoms with E-state index in [4.69, 9.17) is 14.2 Å². The number of hydrogen-bond acceptors (Lipinski definition) is 5. The summed E-state index contributed by atoms with van der Waals surface area (Å²) in [7, 11) is 4.80. The Balaban J connectivity index is 1.81. The maximum atomic E-state index is 5.40. The Morgan fingerprint density at radius 1 is 0.963 bits per heavy atom. The highest BCUT2D eigenvalue weighted by Gasteiger charge is 2.12. The summed E-state index contributed by atoms with van der Waals surface area (Å²) in [5, 5.41) is 8.51. The molecule has 1 atom stereocenters. The van der Waals surface area contributed by atoms with Gasteiger partial charge in [0.25, 0.3) is 0 Å². The third-order valence-electron chi connectivity index (χ3n) is 4.25. The Morgan fingerprint density at radius 2 is 1.63 bits per heavy atom. The molecule has 1 unspecified atom stereocenters. The molecule has 0 bridgehead atoms. The summed E-state index contributed by atoms with van der Waals surface area (Å²) >= 11 is 0. The molecule has 0 aliphatic carbocycles. The van der Waals surface area contributed by atoms with E-state index < -0.39 is 0 Å². The smallest absolute Gasteiger partial charge is 0.203 e. The van der Waals surface area contributed by atoms with Gasteiger partial charge in [0.15, 0.2) is 11.5 Å². The fourth-order valence-electron chi connectivity index (χ4n) is 2.75. The first-order valence-corrected chi connectivity index (χ1v) is 8.61. The molecule has 6 nitrogen and oxygen atoms in total. The van der Waals surface area contributed by atoms with Crippen molar-refractivity contribution < 1.29 is 14.2 Å². The van der Waals surface area contributed by atoms with Crippen LogP contribution < -0.4 is 14.2 Å². The molecule has 1 heterocycles. The van der Waals surface area contributed by atoms with Gasteiger partial charge in [-0.3, -0.25) is 0 Å². The van der Waals surface area contributed by atoms with Gasteiger partial charge in [-0.2, -0.15) is 0 Å². The first kappa shape index (κ1) is 18.5. The zero-order chi connectivity index (χ0) is 19.2. The van der Waals surface area contributed by atoms with Crippen LogP contribution >= 0.6 is 0 Å². The van der Waals surface area contributed by atoms with E-state index >= 15 is 0 Å². The molecule has 0 saturated heterocycles. The third-order valence-corrected chi connectivity index (χ3v) is 4.25. The fourth-order valence-corrected chi connectivity index (χ4v) is 2.75. The zero-order valence-corrected chi connectivity index (χ0v) is 15.9. The second-order valence-corrected chi connectivity index (χ2v) is 6.01. The summed E-state index contributed by atoms with van der Waals surface area (Å²) in [4.78, 5) is 0. The molecule has 2 aromatic carbocycles. The van der Waals surface area contributed by atoms with Crippen LogP contribution in [0.4, 0.5) is 0 Å². The van der Waals surface area contributed by atoms with Crippen LogP contribution in [0.15, 0.2) is 54.7 Å². The summed E-state index contributed by atoms with van der Waals surface area (Å²) in [6, 6.07) is 13.8. The Morgan fingerprint density at radius 3 is 2.22 bits per heavy atom. The average molecular weight is 365 g/mol. The predicted molar refractivity (Wildman–Crippen MR) is 105 cm³/mol. The molecule has 0 amide bonds. The normalized spacial score (nSPS) is 12.1. The summed E-state index contributed by atoms with van der Waals surface area (Å²) in [5.41, 5.74) is 2.84. The Labute approximate surface area is 159 Å². The Kier molecular flexibility index (Phi) is 5.76. The minimum atomic E-state index is 0.0362. The highest BCUT2D eigenvalue weighted by Crippen LogP contribution is 2.38. The fraction of sp³-hybridized carbons (Fsp3) is 0.238. The van der Waals surface area contributed by atoms with Crippen molar-refractivity contribution in [2.24, 2.45) is 0 Å². The quantitative estimate of drug-likeness (QED) is 0.627. The van der Waals surface area contributed by atoms with E-state index in [-0.39, 0.29) is 6.04 Å². The van der Waals surface area contributed by atoms with Crippen LogP contribution in [0.2, 0.25) is 0 Å². The first-order chi connectivity index (χ1) is 13.2. The minimum Gasteiger partial charge on any atom is -0.493 e. The van der Waals surface area contributed by atoms with Crippen molar-refractivity contribution in [1.82, 2.24) is 15.0 Å². The van der Waals surface area contributed by atoms with E-state index in [1.54, 1.807) is 21.3 Å². The van der Waals surface area contributed by atoms with Crippen molar-refractivity contribution in [3.8, 4) is 28.5 Å². The zero-order valence-electron chi connectivity index (χ0n) is 15.9. The molecule has 140 valence electrons. The van der Waals surface area contributed by atoms with Gasteiger partial charge in [0, 0.05) is 5.56 Å². The molecule has 0 radical (unpaired) electrons. The molecule has 6 heteroatoms. The Bertz CT molecular complexity index is 894. The van der Waals surface area contributed by atoms with Crippen molar-refractivity contribution >= 4 is 6.08 Å². The number of aromatic nitrogens is 3. The molecule has 0 fully saturated rings. The van der Waals surface area contributed by atoms with Gasteiger partial charge in [-0.05, 0) is 24.6 Å². The molecule has 0 saturated carbocycles. The number of ether oxygens (including phenoxy) is 3. The van der Waals surface area contributed by atoms with Crippen molar-refractivity contribution in [1.29, 1.82) is 0 Å². The van der Waals surface area contributed by atoms with Gasteiger partial charge in [0.2, 0.25) is 5.75 Å². The highest BCUT2D eigenvalue weighted by atomic mass is 16.5. The summed E-state index contributed by atoms with van der Waals surface area (Å²) in [6.07, 6.45) is 5.99. The van der Waals surface area contributed by atoms with E-state index in [0.717, 1.165) is 16.8 Å². The molecule has 0 aliphatic heterocycles. The summed E-state index contributed by atoms with van der Waals surface area (Å²) in [5.74, 6) is 1.82. The number of benzene rings is 2. The van der Waals surface area contributed by atoms with Gasteiger partial charge in [0.05, 0.1) is 33.6 Å². The number of nitrogens with zero attached hydrogens (tertiary/aromatic N) is 3. The van der Waals surface area contributed by atoms with Gasteiger partial charge in [-0.25, -0.2) is 4.68 Å². The monoisotopic (exact) mass is 365 g/mol. The second-order valence-electron chi connectivity index (χ2n) is 6.01. The topological polar surface area (TPSA) is 58.4 Å². The molecule has 3 aromatic rings. The van der Waals surface area contributed by atoms with Crippen LogP contribution in [0.1, 0.15) is 18.5 Å². The van der Waals surface area contributed by atoms with E-state index in [2.05, 4.69) is 17.2 Å². The van der Waals surface area contributed by atoms with E-state index in [0.29, 0.717) is 17.2 Å². The number of rotatable bonds is 7. The summed E-state index contributed by atoms with van der Waals surface area (Å²) in [6.45, 7) is 2.05. The largest absolute Gasteiger partial charge is 0.493 e. The van der Waals surface area contributed by atoms with Crippen LogP contribution in [0.25, 0.3) is 17.3 Å². The van der Waals surface area contributed by atoms with Gasteiger partial charge in [-0.1, -0.05) is 47.7 Å². The number of methoxy groups -OCH3 is 3. The van der Waals surface area contributed by atoms with Gasteiger partial charge in [-0.15, -0.1) is 5.10 Å². The number of allylic oxidation sites excluding steroid dienone is 1. The minimum absolute atomic E-state index is 0.0362. The van der Waals surface area contributed by atoms with Crippen molar-refractivity contribution in [2.45, 2.75) is 13.0 Å². The summed E-state index contributed by atoms with van der Waals surface area (Å²) < 4.78 is 18.0. The lowest BCUT2D eigenvalue weighted by atomic mass is 10.1. The van der Waals surface area contributed by atoms with E-state index in [1.165, 1.54) is 0 Å². The molecule has 0 N–H and O–H groups in total. The van der Waals surface area contributed by atoms with Crippen molar-refractivity contribution in [3.05, 3.63) is 60.3 Å². The highest BCUT2D eigenvalue weighted by molar-refractivity contribution is 5.62. The van der Waals surface area contributed by atoms with Gasteiger partial charge < -0.3 is 14.2 Å². The molecule has 0 spiro atoms. The van der Waals surface area contributed by atoms with Crippen molar-refractivity contribution in [2.75, 3.05) is 21.3 Å². The van der Waals surface area contributed by atoms with Gasteiger partial charge in [0.1, 0.15) is 5.69 Å². The molecule has 1 aromatic heterocycles. The lowest BCUT2D eigenvalue weighted by molar-refractivity contribution is 0.324. The van der Waals surface area contributed by atoms with Gasteiger partial charge >= 0.3 is 0 Å². The lowest BCUT2D eigenvalue weighted by Crippen LogP contribution is -2.02. The second kappa shape index (κ2) is 8.40. The molecule has 3 rings (SSSR count). The van der Waals surface area contributed by atoms with Crippen molar-refractivity contribution in [3.63, 3.8) is 0 Å². The molecular formula is C21H23N3O3. The average Bonchev–Trinajstić information content (AvgIpc) is 3.22. The van der Waals surface area contributed by atoms with Crippen LogP contribution in [0.5, 0.6) is 17.2 Å². The predicted octanol–water partition coefficient (Wildman–Crippen LogP) is 4.25. The molecular weight excluding hydrogens is 342 g/mol. The van der Waals surface area contributed by atoms with Crippen LogP contribution in [-0.2, 0) is 0 Å². The van der Waals surface area contributed by atoms with Crippen LogP contribution in [0.3, 0.4) is 0 Å². The Hall–Kier alpha value is -3.28. The number of hydrogen-bond donors (Lipinski definition) is 0. The van der Waals surface area contributed by atoms with E-state index in [1.807, 2.05) is 65.5 Å². The third kappa shape index (κ3) is 4.11. The van der Waals surface area contributed by atoms with Crippen LogP contribution in [0, 0.1) is 0 Å². The standard InChI is InChI=1S/C21H23N3O3/c1-15(24-14-18(22-23-24)17-8-6-5-7-9-17)10-11-16-12-19(25-2)21(27-4)20(13-16)26-3/h5-15H,1-4H3/b11-10+. The lowest BCUT2D eigenvalue weighted by Gasteiger charge is -2.13. The molecule has 27 heavy (non-hydrogen) atoms. The SMILES string of the molecule is COc1cc(/C=C/C(C)n2cc(-c3ccccc3)nn2)cc(OC)c1OC.